The number of hydrogen-bond donors (Lipinski definition) is 2. The van der Waals surface area contributed by atoms with E-state index in [2.05, 4.69) is 26.6 Å². The molecule has 1 aromatic heterocycles. The Morgan fingerprint density at radius 3 is 2.68 bits per heavy atom. The van der Waals surface area contributed by atoms with Crippen LogP contribution in [0, 0.1) is 0 Å². The van der Waals surface area contributed by atoms with Crippen LogP contribution < -0.4 is 10.6 Å². The van der Waals surface area contributed by atoms with Gasteiger partial charge in [-0.05, 0) is 22.0 Å². The van der Waals surface area contributed by atoms with Gasteiger partial charge in [0.15, 0.2) is 0 Å². The van der Waals surface area contributed by atoms with Crippen molar-refractivity contribution in [3.05, 3.63) is 22.4 Å². The first-order chi connectivity index (χ1) is 9.04. The van der Waals surface area contributed by atoms with E-state index < -0.39 is 0 Å². The van der Waals surface area contributed by atoms with Crippen LogP contribution in [0.5, 0.6) is 0 Å². The van der Waals surface area contributed by atoms with Gasteiger partial charge in [-0.15, -0.1) is 0 Å². The van der Waals surface area contributed by atoms with Crippen molar-refractivity contribution in [1.29, 1.82) is 0 Å². The molecule has 0 bridgehead atoms. The van der Waals surface area contributed by atoms with Gasteiger partial charge in [-0.25, -0.2) is 0 Å². The highest BCUT2D eigenvalue weighted by molar-refractivity contribution is 9.10. The zero-order chi connectivity index (χ0) is 14.3. The van der Waals surface area contributed by atoms with Crippen LogP contribution in [0.4, 0.5) is 0 Å². The number of methoxy groups -OCH3 is 1. The van der Waals surface area contributed by atoms with Gasteiger partial charge in [0.05, 0.1) is 6.61 Å². The Morgan fingerprint density at radius 1 is 1.37 bits per heavy atom. The van der Waals surface area contributed by atoms with E-state index in [0.29, 0.717) is 25.4 Å². The minimum absolute atomic E-state index is 0.106. The molecule has 19 heavy (non-hydrogen) atoms. The smallest absolute Gasteiger partial charge is 0.267 e. The second-order valence-electron chi connectivity index (χ2n) is 4.00. The predicted octanol–water partition coefficient (Wildman–Crippen LogP) is 0.670. The highest BCUT2D eigenvalue weighted by atomic mass is 79.9. The van der Waals surface area contributed by atoms with Crippen molar-refractivity contribution < 1.29 is 14.3 Å². The van der Waals surface area contributed by atoms with Crippen molar-refractivity contribution in [2.24, 2.45) is 7.05 Å². The molecule has 0 unspecified atom stereocenters. The summed E-state index contributed by atoms with van der Waals surface area (Å²) in [5.74, 6) is -0.302. The van der Waals surface area contributed by atoms with Gasteiger partial charge in [0.2, 0.25) is 5.91 Å². The topological polar surface area (TPSA) is 72.4 Å². The summed E-state index contributed by atoms with van der Waals surface area (Å²) in [6.45, 7) is 1.27. The first-order valence-corrected chi connectivity index (χ1v) is 6.69. The lowest BCUT2D eigenvalue weighted by Crippen LogP contribution is -2.32. The average molecular weight is 332 g/mol. The first-order valence-electron chi connectivity index (χ1n) is 5.90. The molecule has 0 saturated heterocycles. The maximum atomic E-state index is 11.8. The van der Waals surface area contributed by atoms with E-state index >= 15 is 0 Å². The van der Waals surface area contributed by atoms with E-state index in [-0.39, 0.29) is 18.2 Å². The standard InChI is InChI=1S/C12H18BrN3O3/c1-16-8-9(13)7-10(16)12(18)15-4-3-11(17)14-5-6-19-2/h7-8H,3-6H2,1-2H3,(H,14,17)(H,15,18). The third kappa shape index (κ3) is 5.44. The molecule has 0 aliphatic carbocycles. The lowest BCUT2D eigenvalue weighted by molar-refractivity contribution is -0.121. The van der Waals surface area contributed by atoms with Crippen molar-refractivity contribution in [3.63, 3.8) is 0 Å². The monoisotopic (exact) mass is 331 g/mol. The number of rotatable bonds is 7. The second-order valence-corrected chi connectivity index (χ2v) is 4.92. The second kappa shape index (κ2) is 7.96. The van der Waals surface area contributed by atoms with Crippen molar-refractivity contribution in [2.75, 3.05) is 26.8 Å². The number of ether oxygens (including phenoxy) is 1. The lowest BCUT2D eigenvalue weighted by Gasteiger charge is -2.06. The fourth-order valence-corrected chi connectivity index (χ4v) is 2.03. The summed E-state index contributed by atoms with van der Waals surface area (Å²) in [5.41, 5.74) is 0.548. The summed E-state index contributed by atoms with van der Waals surface area (Å²) in [7, 11) is 3.36. The van der Waals surface area contributed by atoms with Crippen LogP contribution in [0.1, 0.15) is 16.9 Å². The lowest BCUT2D eigenvalue weighted by atomic mass is 10.3. The van der Waals surface area contributed by atoms with Gasteiger partial charge < -0.3 is 19.9 Å². The molecule has 1 heterocycles. The number of nitrogens with one attached hydrogen (secondary N) is 2. The van der Waals surface area contributed by atoms with Gasteiger partial charge in [-0.3, -0.25) is 9.59 Å². The molecular formula is C12H18BrN3O3. The molecule has 0 aromatic carbocycles. The molecule has 0 atom stereocenters. The zero-order valence-corrected chi connectivity index (χ0v) is 12.6. The Bertz CT molecular complexity index is 445. The van der Waals surface area contributed by atoms with Gasteiger partial charge in [0.25, 0.3) is 5.91 Å². The highest BCUT2D eigenvalue weighted by Gasteiger charge is 2.10. The Morgan fingerprint density at radius 2 is 2.11 bits per heavy atom. The fraction of sp³-hybridized carbons (Fsp3) is 0.500. The van der Waals surface area contributed by atoms with Crippen LogP contribution >= 0.6 is 15.9 Å². The van der Waals surface area contributed by atoms with Crippen molar-refractivity contribution in [3.8, 4) is 0 Å². The number of aromatic nitrogens is 1. The maximum absolute atomic E-state index is 11.8. The van der Waals surface area contributed by atoms with E-state index in [1.807, 2.05) is 0 Å². The Hall–Kier alpha value is -1.34. The molecule has 0 aliphatic rings. The van der Waals surface area contributed by atoms with Crippen molar-refractivity contribution in [2.45, 2.75) is 6.42 Å². The Labute approximate surface area is 120 Å². The molecule has 0 fully saturated rings. The molecule has 106 valence electrons. The molecule has 2 amide bonds. The van der Waals surface area contributed by atoms with Gasteiger partial charge in [-0.2, -0.15) is 0 Å². The minimum Gasteiger partial charge on any atom is -0.383 e. The quantitative estimate of drug-likeness (QED) is 0.721. The van der Waals surface area contributed by atoms with E-state index in [1.165, 1.54) is 0 Å². The number of halogens is 1. The van der Waals surface area contributed by atoms with Crippen LogP contribution in [-0.2, 0) is 16.6 Å². The van der Waals surface area contributed by atoms with Crippen LogP contribution in [0.15, 0.2) is 16.7 Å². The SMILES string of the molecule is COCCNC(=O)CCNC(=O)c1cc(Br)cn1C. The predicted molar refractivity (Wildman–Crippen MR) is 74.9 cm³/mol. The molecular weight excluding hydrogens is 314 g/mol. The molecule has 0 radical (unpaired) electrons. The third-order valence-electron chi connectivity index (χ3n) is 2.47. The minimum atomic E-state index is -0.196. The zero-order valence-electron chi connectivity index (χ0n) is 11.0. The maximum Gasteiger partial charge on any atom is 0.267 e. The number of aryl methyl sites for hydroxylation is 1. The van der Waals surface area contributed by atoms with E-state index in [9.17, 15) is 9.59 Å². The van der Waals surface area contributed by atoms with Crippen LogP contribution in [-0.4, -0.2) is 43.2 Å². The molecule has 6 nitrogen and oxygen atoms in total. The molecule has 1 rings (SSSR count). The van der Waals surface area contributed by atoms with Gasteiger partial charge in [0, 0.05) is 44.3 Å². The summed E-state index contributed by atoms with van der Waals surface area (Å²) < 4.78 is 7.38. The van der Waals surface area contributed by atoms with Gasteiger partial charge in [-0.1, -0.05) is 0 Å². The number of carbonyl (C=O) groups excluding carboxylic acids is 2. The van der Waals surface area contributed by atoms with Crippen LogP contribution in [0.3, 0.4) is 0 Å². The molecule has 0 spiro atoms. The largest absolute Gasteiger partial charge is 0.383 e. The first kappa shape index (κ1) is 15.7. The summed E-state index contributed by atoms with van der Waals surface area (Å²) in [4.78, 5) is 23.2. The fourth-order valence-electron chi connectivity index (χ4n) is 1.51. The summed E-state index contributed by atoms with van der Waals surface area (Å²) >= 11 is 3.30. The van der Waals surface area contributed by atoms with Gasteiger partial charge in [0.1, 0.15) is 5.69 Å². The summed E-state index contributed by atoms with van der Waals surface area (Å²) in [6.07, 6.45) is 2.05. The number of carbonyl (C=O) groups is 2. The molecule has 7 heteroatoms. The number of hydrogen-bond acceptors (Lipinski definition) is 3. The van der Waals surface area contributed by atoms with Crippen molar-refractivity contribution >= 4 is 27.7 Å². The number of nitrogens with zero attached hydrogens (tertiary/aromatic N) is 1. The average Bonchev–Trinajstić information content (AvgIpc) is 2.69. The molecule has 1 aromatic rings. The van der Waals surface area contributed by atoms with Crippen LogP contribution in [0.2, 0.25) is 0 Å². The van der Waals surface area contributed by atoms with Gasteiger partial charge >= 0.3 is 0 Å². The Kier molecular flexibility index (Phi) is 6.58. The van der Waals surface area contributed by atoms with Crippen molar-refractivity contribution in [1.82, 2.24) is 15.2 Å². The normalized spacial score (nSPS) is 10.3. The molecule has 2 N–H and O–H groups in total. The summed E-state index contributed by atoms with van der Waals surface area (Å²) in [5, 5.41) is 5.39. The van der Waals surface area contributed by atoms with E-state index in [1.54, 1.807) is 31.0 Å². The molecule has 0 aliphatic heterocycles. The molecule has 0 saturated carbocycles. The number of amides is 2. The highest BCUT2D eigenvalue weighted by Crippen LogP contribution is 2.13. The van der Waals surface area contributed by atoms with E-state index in [0.717, 1.165) is 4.47 Å². The summed E-state index contributed by atoms with van der Waals surface area (Å²) in [6, 6.07) is 1.73. The third-order valence-corrected chi connectivity index (χ3v) is 2.90. The van der Waals surface area contributed by atoms with Crippen LogP contribution in [0.25, 0.3) is 0 Å². The van der Waals surface area contributed by atoms with E-state index in [4.69, 9.17) is 4.74 Å². The Balaban J connectivity index is 2.27.